The molecule has 0 spiro atoms. The summed E-state index contributed by atoms with van der Waals surface area (Å²) in [4.78, 5) is 12.1. The van der Waals surface area contributed by atoms with Gasteiger partial charge in [0.25, 0.3) is 0 Å². The van der Waals surface area contributed by atoms with Crippen LogP contribution in [-0.2, 0) is 6.42 Å². The number of urea groups is 1. The Morgan fingerprint density at radius 3 is 2.96 bits per heavy atom. The van der Waals surface area contributed by atoms with Gasteiger partial charge in [0.1, 0.15) is 5.75 Å². The van der Waals surface area contributed by atoms with Gasteiger partial charge in [-0.15, -0.1) is 0 Å². The molecular formula is C18H19ClN2O2. The standard InChI is InChI=1S/C18H19ClN2O2/c19-14-5-3-4-13(12-14)8-10-20-18(22)21-16-9-11-23-17-7-2-1-6-15(16)17/h1-7,12,16H,8-11H2,(H2,20,21,22). The predicted molar refractivity (Wildman–Crippen MR) is 91.0 cm³/mol. The number of para-hydroxylation sites is 1. The minimum absolute atomic E-state index is 0.00822. The van der Waals surface area contributed by atoms with Crippen molar-refractivity contribution in [2.75, 3.05) is 13.2 Å². The maximum atomic E-state index is 12.1. The van der Waals surface area contributed by atoms with Crippen LogP contribution in [0.4, 0.5) is 4.79 Å². The summed E-state index contributed by atoms with van der Waals surface area (Å²) in [6.45, 7) is 1.18. The Morgan fingerprint density at radius 2 is 2.09 bits per heavy atom. The van der Waals surface area contributed by atoms with Crippen LogP contribution >= 0.6 is 11.6 Å². The van der Waals surface area contributed by atoms with E-state index < -0.39 is 0 Å². The van der Waals surface area contributed by atoms with Crippen molar-refractivity contribution in [3.63, 3.8) is 0 Å². The predicted octanol–water partition coefficient (Wildman–Crippen LogP) is 3.71. The van der Waals surface area contributed by atoms with Crippen LogP contribution in [0.5, 0.6) is 5.75 Å². The molecule has 2 aromatic carbocycles. The highest BCUT2D eigenvalue weighted by atomic mass is 35.5. The highest BCUT2D eigenvalue weighted by molar-refractivity contribution is 6.30. The summed E-state index contributed by atoms with van der Waals surface area (Å²) < 4.78 is 5.60. The van der Waals surface area contributed by atoms with Crippen LogP contribution in [0.15, 0.2) is 48.5 Å². The van der Waals surface area contributed by atoms with E-state index in [0.717, 1.165) is 29.7 Å². The quantitative estimate of drug-likeness (QED) is 0.898. The molecule has 0 aromatic heterocycles. The van der Waals surface area contributed by atoms with Gasteiger partial charge >= 0.3 is 6.03 Å². The Labute approximate surface area is 140 Å². The lowest BCUT2D eigenvalue weighted by molar-refractivity contribution is 0.223. The van der Waals surface area contributed by atoms with Crippen molar-refractivity contribution >= 4 is 17.6 Å². The van der Waals surface area contributed by atoms with Crippen LogP contribution in [0, 0.1) is 0 Å². The number of benzene rings is 2. The monoisotopic (exact) mass is 330 g/mol. The van der Waals surface area contributed by atoms with Crippen molar-refractivity contribution in [1.82, 2.24) is 10.6 Å². The largest absolute Gasteiger partial charge is 0.493 e. The fourth-order valence-electron chi connectivity index (χ4n) is 2.71. The molecule has 1 unspecified atom stereocenters. The third-order valence-corrected chi connectivity index (χ3v) is 4.09. The molecule has 0 aliphatic carbocycles. The van der Waals surface area contributed by atoms with Crippen molar-refractivity contribution in [2.45, 2.75) is 18.9 Å². The molecule has 0 saturated heterocycles. The average Bonchev–Trinajstić information content (AvgIpc) is 2.55. The number of ether oxygens (including phenoxy) is 1. The molecule has 2 amide bonds. The van der Waals surface area contributed by atoms with Crippen LogP contribution in [0.1, 0.15) is 23.6 Å². The maximum Gasteiger partial charge on any atom is 0.315 e. The third kappa shape index (κ3) is 4.17. The van der Waals surface area contributed by atoms with Crippen molar-refractivity contribution in [3.05, 3.63) is 64.7 Å². The maximum absolute atomic E-state index is 12.1. The van der Waals surface area contributed by atoms with Gasteiger partial charge in [-0.05, 0) is 30.2 Å². The molecule has 3 rings (SSSR count). The van der Waals surface area contributed by atoms with Crippen LogP contribution < -0.4 is 15.4 Å². The Hall–Kier alpha value is -2.20. The molecule has 0 radical (unpaired) electrons. The van der Waals surface area contributed by atoms with E-state index in [2.05, 4.69) is 10.6 Å². The Kier molecular flexibility index (Phi) is 5.03. The zero-order valence-electron chi connectivity index (χ0n) is 12.7. The second kappa shape index (κ2) is 7.38. The topological polar surface area (TPSA) is 50.4 Å². The molecule has 0 saturated carbocycles. The van der Waals surface area contributed by atoms with Crippen molar-refractivity contribution in [1.29, 1.82) is 0 Å². The molecule has 4 nitrogen and oxygen atoms in total. The number of rotatable bonds is 4. The number of carbonyl (C=O) groups is 1. The second-order valence-electron chi connectivity index (χ2n) is 5.51. The molecule has 2 N–H and O–H groups in total. The zero-order chi connectivity index (χ0) is 16.1. The lowest BCUT2D eigenvalue weighted by Gasteiger charge is -2.26. The van der Waals surface area contributed by atoms with E-state index in [0.29, 0.717) is 18.2 Å². The molecule has 1 aliphatic heterocycles. The lowest BCUT2D eigenvalue weighted by atomic mass is 10.0. The molecule has 2 aromatic rings. The Balaban J connectivity index is 1.50. The van der Waals surface area contributed by atoms with Gasteiger partial charge in [0.2, 0.25) is 0 Å². The van der Waals surface area contributed by atoms with E-state index in [-0.39, 0.29) is 12.1 Å². The van der Waals surface area contributed by atoms with E-state index in [1.165, 1.54) is 0 Å². The number of halogens is 1. The van der Waals surface area contributed by atoms with Gasteiger partial charge in [-0.25, -0.2) is 4.79 Å². The second-order valence-corrected chi connectivity index (χ2v) is 5.94. The van der Waals surface area contributed by atoms with Crippen LogP contribution in [0.25, 0.3) is 0 Å². The van der Waals surface area contributed by atoms with E-state index in [1.807, 2.05) is 48.5 Å². The fraction of sp³-hybridized carbons (Fsp3) is 0.278. The highest BCUT2D eigenvalue weighted by Crippen LogP contribution is 2.31. The normalized spacial score (nSPS) is 16.1. The van der Waals surface area contributed by atoms with Crippen LogP contribution in [0.3, 0.4) is 0 Å². The smallest absolute Gasteiger partial charge is 0.315 e. The van der Waals surface area contributed by atoms with Gasteiger partial charge < -0.3 is 15.4 Å². The van der Waals surface area contributed by atoms with Gasteiger partial charge in [0.05, 0.1) is 12.6 Å². The van der Waals surface area contributed by atoms with Crippen molar-refractivity contribution in [2.24, 2.45) is 0 Å². The molecule has 5 heteroatoms. The highest BCUT2D eigenvalue weighted by Gasteiger charge is 2.22. The number of nitrogens with one attached hydrogen (secondary N) is 2. The molecule has 1 heterocycles. The molecule has 1 aliphatic rings. The Morgan fingerprint density at radius 1 is 1.22 bits per heavy atom. The summed E-state index contributed by atoms with van der Waals surface area (Å²) in [6.07, 6.45) is 1.52. The first-order valence-electron chi connectivity index (χ1n) is 7.73. The molecule has 1 atom stereocenters. The third-order valence-electron chi connectivity index (χ3n) is 3.85. The number of hydrogen-bond acceptors (Lipinski definition) is 2. The van der Waals surface area contributed by atoms with Crippen molar-refractivity contribution < 1.29 is 9.53 Å². The Bertz CT molecular complexity index is 690. The summed E-state index contributed by atoms with van der Waals surface area (Å²) in [5.41, 5.74) is 2.14. The SMILES string of the molecule is O=C(NCCc1cccc(Cl)c1)NC1CCOc2ccccc21. The molecule has 23 heavy (non-hydrogen) atoms. The van der Waals surface area contributed by atoms with E-state index in [9.17, 15) is 4.79 Å². The van der Waals surface area contributed by atoms with E-state index in [4.69, 9.17) is 16.3 Å². The lowest BCUT2D eigenvalue weighted by Crippen LogP contribution is -2.40. The van der Waals surface area contributed by atoms with Gasteiger partial charge in [0, 0.05) is 23.6 Å². The zero-order valence-corrected chi connectivity index (χ0v) is 13.5. The summed E-state index contributed by atoms with van der Waals surface area (Å²) in [5.74, 6) is 0.850. The van der Waals surface area contributed by atoms with Gasteiger partial charge in [-0.1, -0.05) is 41.9 Å². The number of fused-ring (bicyclic) bond motifs is 1. The molecule has 0 fully saturated rings. The van der Waals surface area contributed by atoms with Gasteiger partial charge in [-0.3, -0.25) is 0 Å². The van der Waals surface area contributed by atoms with E-state index in [1.54, 1.807) is 0 Å². The molecule has 0 bridgehead atoms. The average molecular weight is 331 g/mol. The summed E-state index contributed by atoms with van der Waals surface area (Å²) in [7, 11) is 0. The summed E-state index contributed by atoms with van der Waals surface area (Å²) >= 11 is 5.95. The number of carbonyl (C=O) groups excluding carboxylic acids is 1. The summed E-state index contributed by atoms with van der Waals surface area (Å²) in [6, 6.07) is 15.3. The van der Waals surface area contributed by atoms with Crippen LogP contribution in [-0.4, -0.2) is 19.2 Å². The minimum Gasteiger partial charge on any atom is -0.493 e. The van der Waals surface area contributed by atoms with Gasteiger partial charge in [-0.2, -0.15) is 0 Å². The summed E-state index contributed by atoms with van der Waals surface area (Å²) in [5, 5.41) is 6.63. The first-order valence-corrected chi connectivity index (χ1v) is 8.11. The molecule has 120 valence electrons. The molecular weight excluding hydrogens is 312 g/mol. The van der Waals surface area contributed by atoms with Crippen molar-refractivity contribution in [3.8, 4) is 5.75 Å². The number of amides is 2. The first-order chi connectivity index (χ1) is 11.2. The van der Waals surface area contributed by atoms with E-state index >= 15 is 0 Å². The fourth-order valence-corrected chi connectivity index (χ4v) is 2.93. The minimum atomic E-state index is -0.159. The van der Waals surface area contributed by atoms with Gasteiger partial charge in [0.15, 0.2) is 0 Å². The van der Waals surface area contributed by atoms with Crippen LogP contribution in [0.2, 0.25) is 5.02 Å². The first kappa shape index (κ1) is 15.7. The number of hydrogen-bond donors (Lipinski definition) is 2.